The smallest absolute Gasteiger partial charge is 0.249 e. The number of hydrogen-bond acceptors (Lipinski definition) is 6. The predicted octanol–water partition coefficient (Wildman–Crippen LogP) is 3.83. The van der Waals surface area contributed by atoms with Gasteiger partial charge in [0, 0.05) is 44.7 Å². The highest BCUT2D eigenvalue weighted by molar-refractivity contribution is 6.03. The standard InChI is InChI=1S/C20H27F2N7O.CH4/c1-5-14-17(30)26-15-12(2)25-18(27-16(15)28(14)4)23-6-13-7-24-29(8-13)11-19(3)9-20(21,22)10-19;/h7-8,14H,5-6,9-11H2,1-4H3,(H,26,30)(H,23,25,27);1H4/t14-;/m0./s1. The molecule has 0 radical (unpaired) electrons. The number of nitrogens with zero attached hydrogens (tertiary/aromatic N) is 5. The first-order chi connectivity index (χ1) is 14.1. The molecule has 1 aliphatic carbocycles. The van der Waals surface area contributed by atoms with Crippen LogP contribution in [-0.2, 0) is 17.9 Å². The van der Waals surface area contributed by atoms with Crippen LogP contribution in [-0.4, -0.2) is 44.7 Å². The Balaban J connectivity index is 0.00000272. The van der Waals surface area contributed by atoms with Gasteiger partial charge in [0.2, 0.25) is 17.8 Å². The Kier molecular flexibility index (Phi) is 5.94. The summed E-state index contributed by atoms with van der Waals surface area (Å²) in [4.78, 5) is 23.1. The van der Waals surface area contributed by atoms with Crippen molar-refractivity contribution in [3.8, 4) is 0 Å². The SMILES string of the molecule is C.CC[C@H]1C(=O)Nc2c(C)nc(NCc3cnn(CC4(C)CC(F)(F)C4)c3)nc2N1C. The molecule has 170 valence electrons. The Morgan fingerprint density at radius 2 is 2.03 bits per heavy atom. The minimum absolute atomic E-state index is 0. The number of likely N-dealkylation sites (N-methyl/N-ethyl adjacent to an activating group) is 1. The molecule has 3 heterocycles. The summed E-state index contributed by atoms with van der Waals surface area (Å²) in [5.74, 6) is -1.45. The van der Waals surface area contributed by atoms with E-state index < -0.39 is 11.3 Å². The van der Waals surface area contributed by atoms with Gasteiger partial charge in [0.05, 0.1) is 11.9 Å². The summed E-state index contributed by atoms with van der Waals surface area (Å²) < 4.78 is 28.2. The van der Waals surface area contributed by atoms with E-state index in [0.29, 0.717) is 42.7 Å². The molecule has 0 spiro atoms. The summed E-state index contributed by atoms with van der Waals surface area (Å²) in [6.07, 6.45) is 4.06. The van der Waals surface area contributed by atoms with E-state index in [1.54, 1.807) is 10.9 Å². The van der Waals surface area contributed by atoms with Crippen molar-refractivity contribution >= 4 is 23.4 Å². The van der Waals surface area contributed by atoms with Crippen LogP contribution < -0.4 is 15.5 Å². The molecule has 0 saturated heterocycles. The van der Waals surface area contributed by atoms with Crippen molar-refractivity contribution in [2.45, 2.75) is 72.5 Å². The van der Waals surface area contributed by atoms with Gasteiger partial charge in [-0.15, -0.1) is 0 Å². The highest BCUT2D eigenvalue weighted by Gasteiger charge is 2.53. The predicted molar refractivity (Wildman–Crippen MR) is 116 cm³/mol. The third-order valence-electron chi connectivity index (χ3n) is 5.86. The maximum atomic E-state index is 13.2. The molecule has 1 amide bonds. The molecule has 1 fully saturated rings. The van der Waals surface area contributed by atoms with Crippen molar-refractivity contribution in [3.63, 3.8) is 0 Å². The van der Waals surface area contributed by atoms with Gasteiger partial charge >= 0.3 is 0 Å². The topological polar surface area (TPSA) is 88.0 Å². The van der Waals surface area contributed by atoms with Crippen LogP contribution in [0.2, 0.25) is 0 Å². The third-order valence-corrected chi connectivity index (χ3v) is 5.86. The van der Waals surface area contributed by atoms with Gasteiger partial charge in [-0.2, -0.15) is 10.1 Å². The van der Waals surface area contributed by atoms with Crippen LogP contribution in [0.1, 0.15) is 51.8 Å². The fourth-order valence-corrected chi connectivity index (χ4v) is 4.49. The van der Waals surface area contributed by atoms with Crippen LogP contribution >= 0.6 is 0 Å². The number of hydrogen-bond donors (Lipinski definition) is 2. The summed E-state index contributed by atoms with van der Waals surface area (Å²) in [5, 5.41) is 10.4. The lowest BCUT2D eigenvalue weighted by Gasteiger charge is -2.44. The van der Waals surface area contributed by atoms with Gasteiger partial charge in [-0.05, 0) is 18.8 Å². The quantitative estimate of drug-likeness (QED) is 0.717. The number of anilines is 3. The van der Waals surface area contributed by atoms with Crippen molar-refractivity contribution in [3.05, 3.63) is 23.7 Å². The molecular weight excluding hydrogens is 404 g/mol. The van der Waals surface area contributed by atoms with Gasteiger partial charge in [0.15, 0.2) is 5.82 Å². The Bertz CT molecular complexity index is 967. The van der Waals surface area contributed by atoms with Crippen LogP contribution in [0.4, 0.5) is 26.2 Å². The van der Waals surface area contributed by atoms with Gasteiger partial charge in [-0.1, -0.05) is 21.3 Å². The molecule has 4 rings (SSSR count). The number of nitrogens with one attached hydrogen (secondary N) is 2. The number of aryl methyl sites for hydroxylation is 1. The van der Waals surface area contributed by atoms with Crippen molar-refractivity contribution < 1.29 is 13.6 Å². The highest BCUT2D eigenvalue weighted by Crippen LogP contribution is 2.52. The molecule has 1 aliphatic heterocycles. The Labute approximate surface area is 181 Å². The van der Waals surface area contributed by atoms with Crippen molar-refractivity contribution in [2.75, 3.05) is 22.6 Å². The minimum Gasteiger partial charge on any atom is -0.350 e. The van der Waals surface area contributed by atoms with E-state index in [1.165, 1.54) is 0 Å². The molecule has 2 aromatic heterocycles. The lowest BCUT2D eigenvalue weighted by molar-refractivity contribution is -0.159. The number of amides is 1. The number of carbonyl (C=O) groups excluding carboxylic acids is 1. The molecule has 8 nitrogen and oxygen atoms in total. The molecule has 31 heavy (non-hydrogen) atoms. The molecule has 0 bridgehead atoms. The number of rotatable bonds is 6. The number of aromatic nitrogens is 4. The Morgan fingerprint density at radius 3 is 2.68 bits per heavy atom. The van der Waals surface area contributed by atoms with E-state index in [4.69, 9.17) is 0 Å². The second-order valence-electron chi connectivity index (χ2n) is 8.78. The molecule has 2 aliphatic rings. The number of alkyl halides is 2. The zero-order valence-corrected chi connectivity index (χ0v) is 17.7. The fraction of sp³-hybridized carbons (Fsp3) is 0.619. The average molecular weight is 436 g/mol. The minimum atomic E-state index is -2.54. The summed E-state index contributed by atoms with van der Waals surface area (Å²) >= 11 is 0. The van der Waals surface area contributed by atoms with Gasteiger partial charge in [0.1, 0.15) is 11.7 Å². The summed E-state index contributed by atoms with van der Waals surface area (Å²) in [7, 11) is 1.86. The van der Waals surface area contributed by atoms with E-state index >= 15 is 0 Å². The van der Waals surface area contributed by atoms with Crippen LogP contribution in [0.5, 0.6) is 0 Å². The second-order valence-corrected chi connectivity index (χ2v) is 8.78. The zero-order chi connectivity index (χ0) is 21.7. The molecule has 1 saturated carbocycles. The molecule has 2 N–H and O–H groups in total. The molecule has 1 atom stereocenters. The second kappa shape index (κ2) is 8.05. The lowest BCUT2D eigenvalue weighted by Crippen LogP contribution is -2.46. The van der Waals surface area contributed by atoms with E-state index in [9.17, 15) is 13.6 Å². The maximum Gasteiger partial charge on any atom is 0.249 e. The number of fused-ring (bicyclic) bond motifs is 1. The monoisotopic (exact) mass is 435 g/mol. The average Bonchev–Trinajstić information content (AvgIpc) is 3.06. The van der Waals surface area contributed by atoms with Crippen LogP contribution in [0, 0.1) is 12.3 Å². The van der Waals surface area contributed by atoms with Crippen LogP contribution in [0.3, 0.4) is 0 Å². The summed E-state index contributed by atoms with van der Waals surface area (Å²) in [6.45, 7) is 6.59. The van der Waals surface area contributed by atoms with Crippen LogP contribution in [0.15, 0.2) is 12.4 Å². The third kappa shape index (κ3) is 4.47. The molecular formula is C21H31F2N7O. The van der Waals surface area contributed by atoms with Crippen molar-refractivity contribution in [1.82, 2.24) is 19.7 Å². The fourth-order valence-electron chi connectivity index (χ4n) is 4.49. The van der Waals surface area contributed by atoms with Gasteiger partial charge in [-0.25, -0.2) is 13.8 Å². The normalized spacial score (nSPS) is 20.9. The first kappa shape index (κ1) is 22.9. The van der Waals surface area contributed by atoms with E-state index in [2.05, 4.69) is 25.7 Å². The largest absolute Gasteiger partial charge is 0.350 e. The van der Waals surface area contributed by atoms with Crippen molar-refractivity contribution in [1.29, 1.82) is 0 Å². The first-order valence-electron chi connectivity index (χ1n) is 10.1. The molecule has 10 heteroatoms. The van der Waals surface area contributed by atoms with Gasteiger partial charge in [-0.3, -0.25) is 9.48 Å². The van der Waals surface area contributed by atoms with Crippen molar-refractivity contribution in [2.24, 2.45) is 5.41 Å². The molecule has 0 aromatic carbocycles. The van der Waals surface area contributed by atoms with Gasteiger partial charge in [0.25, 0.3) is 0 Å². The summed E-state index contributed by atoms with van der Waals surface area (Å²) in [5.41, 5.74) is 1.82. The highest BCUT2D eigenvalue weighted by atomic mass is 19.3. The summed E-state index contributed by atoms with van der Waals surface area (Å²) in [6, 6.07) is -0.266. The lowest BCUT2D eigenvalue weighted by atomic mass is 9.67. The number of carbonyl (C=O) groups is 1. The molecule has 0 unspecified atom stereocenters. The van der Waals surface area contributed by atoms with Gasteiger partial charge < -0.3 is 15.5 Å². The molecule has 2 aromatic rings. The van der Waals surface area contributed by atoms with E-state index in [-0.39, 0.29) is 32.2 Å². The zero-order valence-electron chi connectivity index (χ0n) is 17.7. The van der Waals surface area contributed by atoms with E-state index in [0.717, 1.165) is 5.56 Å². The van der Waals surface area contributed by atoms with E-state index in [1.807, 2.05) is 38.9 Å². The number of halogens is 2. The Hall–Kier alpha value is -2.78. The van der Waals surface area contributed by atoms with Crippen LogP contribution in [0.25, 0.3) is 0 Å². The Morgan fingerprint density at radius 1 is 1.32 bits per heavy atom. The first-order valence-corrected chi connectivity index (χ1v) is 10.1. The maximum absolute atomic E-state index is 13.2.